The SMILES string of the molecule is CCc1cccc2cc(-c3nc4ccccc4n3CC)[nH]c12. The maximum atomic E-state index is 4.84. The first-order chi connectivity index (χ1) is 10.8. The molecule has 4 aromatic rings. The Labute approximate surface area is 129 Å². The summed E-state index contributed by atoms with van der Waals surface area (Å²) >= 11 is 0. The highest BCUT2D eigenvalue weighted by molar-refractivity contribution is 5.89. The molecule has 22 heavy (non-hydrogen) atoms. The van der Waals surface area contributed by atoms with Crippen LogP contribution in [0.2, 0.25) is 0 Å². The van der Waals surface area contributed by atoms with Crippen LogP contribution in [-0.4, -0.2) is 14.5 Å². The summed E-state index contributed by atoms with van der Waals surface area (Å²) in [6, 6.07) is 17.0. The van der Waals surface area contributed by atoms with Crippen LogP contribution in [0.25, 0.3) is 33.5 Å². The summed E-state index contributed by atoms with van der Waals surface area (Å²) in [5.74, 6) is 1.02. The molecule has 1 N–H and O–H groups in total. The van der Waals surface area contributed by atoms with Crippen molar-refractivity contribution in [2.24, 2.45) is 0 Å². The molecule has 0 radical (unpaired) electrons. The number of imidazole rings is 1. The molecule has 0 bridgehead atoms. The zero-order valence-corrected chi connectivity index (χ0v) is 12.9. The second kappa shape index (κ2) is 5.02. The highest BCUT2D eigenvalue weighted by Gasteiger charge is 2.14. The molecule has 3 nitrogen and oxygen atoms in total. The van der Waals surface area contributed by atoms with E-state index in [-0.39, 0.29) is 0 Å². The smallest absolute Gasteiger partial charge is 0.157 e. The average Bonchev–Trinajstić information content (AvgIpc) is 3.15. The second-order valence-electron chi connectivity index (χ2n) is 5.59. The highest BCUT2D eigenvalue weighted by atomic mass is 15.1. The van der Waals surface area contributed by atoms with E-state index in [1.807, 2.05) is 6.07 Å². The number of aryl methyl sites for hydroxylation is 2. The van der Waals surface area contributed by atoms with Gasteiger partial charge in [-0.15, -0.1) is 0 Å². The fourth-order valence-corrected chi connectivity index (χ4v) is 3.24. The van der Waals surface area contributed by atoms with E-state index >= 15 is 0 Å². The molecular weight excluding hydrogens is 270 g/mol. The van der Waals surface area contributed by atoms with E-state index < -0.39 is 0 Å². The quantitative estimate of drug-likeness (QED) is 0.579. The Bertz CT molecular complexity index is 959. The third-order valence-electron chi connectivity index (χ3n) is 4.34. The number of benzene rings is 2. The van der Waals surface area contributed by atoms with Crippen LogP contribution >= 0.6 is 0 Å². The van der Waals surface area contributed by atoms with Gasteiger partial charge < -0.3 is 9.55 Å². The van der Waals surface area contributed by atoms with Crippen LogP contribution < -0.4 is 0 Å². The topological polar surface area (TPSA) is 33.6 Å². The van der Waals surface area contributed by atoms with Gasteiger partial charge in [0, 0.05) is 17.4 Å². The van der Waals surface area contributed by atoms with Gasteiger partial charge in [-0.2, -0.15) is 0 Å². The van der Waals surface area contributed by atoms with Crippen molar-refractivity contribution >= 4 is 21.9 Å². The molecule has 2 heterocycles. The maximum absolute atomic E-state index is 4.84. The van der Waals surface area contributed by atoms with Crippen LogP contribution in [0.15, 0.2) is 48.5 Å². The minimum absolute atomic E-state index is 0.909. The fraction of sp³-hybridized carbons (Fsp3) is 0.211. The zero-order valence-electron chi connectivity index (χ0n) is 12.9. The van der Waals surface area contributed by atoms with Crippen LogP contribution in [0.5, 0.6) is 0 Å². The Morgan fingerprint density at radius 2 is 1.91 bits per heavy atom. The molecule has 0 amide bonds. The van der Waals surface area contributed by atoms with Crippen molar-refractivity contribution < 1.29 is 0 Å². The molecule has 0 aliphatic heterocycles. The molecule has 4 rings (SSSR count). The molecule has 0 fully saturated rings. The van der Waals surface area contributed by atoms with Gasteiger partial charge in [0.05, 0.1) is 16.7 Å². The highest BCUT2D eigenvalue weighted by Crippen LogP contribution is 2.28. The lowest BCUT2D eigenvalue weighted by Gasteiger charge is -2.04. The average molecular weight is 289 g/mol. The summed E-state index contributed by atoms with van der Waals surface area (Å²) in [6.07, 6.45) is 1.03. The van der Waals surface area contributed by atoms with E-state index in [2.05, 4.69) is 65.9 Å². The van der Waals surface area contributed by atoms with Crippen molar-refractivity contribution in [3.05, 3.63) is 54.1 Å². The molecule has 0 aliphatic carbocycles. The van der Waals surface area contributed by atoms with Crippen LogP contribution in [0.1, 0.15) is 19.4 Å². The molecule has 0 saturated carbocycles. The molecule has 0 aliphatic rings. The Morgan fingerprint density at radius 3 is 2.73 bits per heavy atom. The first kappa shape index (κ1) is 13.1. The number of fused-ring (bicyclic) bond motifs is 2. The predicted octanol–water partition coefficient (Wildman–Crippen LogP) is 4.77. The van der Waals surface area contributed by atoms with Gasteiger partial charge >= 0.3 is 0 Å². The summed E-state index contributed by atoms with van der Waals surface area (Å²) in [4.78, 5) is 8.42. The Morgan fingerprint density at radius 1 is 1.05 bits per heavy atom. The van der Waals surface area contributed by atoms with Gasteiger partial charge in [0.1, 0.15) is 0 Å². The second-order valence-corrected chi connectivity index (χ2v) is 5.59. The number of hydrogen-bond donors (Lipinski definition) is 1. The van der Waals surface area contributed by atoms with Crippen LogP contribution in [-0.2, 0) is 13.0 Å². The Hall–Kier alpha value is -2.55. The standard InChI is InChI=1S/C19H19N3/c1-3-13-8-7-9-14-12-16(20-18(13)14)19-21-15-10-5-6-11-17(15)22(19)4-2/h5-12,20H,3-4H2,1-2H3. The van der Waals surface area contributed by atoms with Gasteiger partial charge in [0.25, 0.3) is 0 Å². The summed E-state index contributed by atoms with van der Waals surface area (Å²) in [5, 5.41) is 1.25. The molecule has 0 saturated heterocycles. The van der Waals surface area contributed by atoms with Gasteiger partial charge in [0.15, 0.2) is 5.82 Å². The third-order valence-corrected chi connectivity index (χ3v) is 4.34. The number of aromatic nitrogens is 3. The van der Waals surface area contributed by atoms with Crippen molar-refractivity contribution in [2.45, 2.75) is 26.8 Å². The summed E-state index contributed by atoms with van der Waals surface area (Å²) in [7, 11) is 0. The van der Waals surface area contributed by atoms with Crippen molar-refractivity contribution in [2.75, 3.05) is 0 Å². The molecular formula is C19H19N3. The third kappa shape index (κ3) is 1.86. The van der Waals surface area contributed by atoms with Crippen LogP contribution in [0.3, 0.4) is 0 Å². The monoisotopic (exact) mass is 289 g/mol. The largest absolute Gasteiger partial charge is 0.352 e. The number of hydrogen-bond acceptors (Lipinski definition) is 1. The van der Waals surface area contributed by atoms with E-state index in [1.54, 1.807) is 0 Å². The Balaban J connectivity index is 1.99. The minimum atomic E-state index is 0.909. The van der Waals surface area contributed by atoms with Crippen LogP contribution in [0, 0.1) is 0 Å². The van der Waals surface area contributed by atoms with Crippen molar-refractivity contribution in [1.29, 1.82) is 0 Å². The van der Waals surface area contributed by atoms with Gasteiger partial charge in [-0.05, 0) is 37.1 Å². The normalized spacial score (nSPS) is 11.5. The van der Waals surface area contributed by atoms with Gasteiger partial charge in [-0.1, -0.05) is 37.3 Å². The van der Waals surface area contributed by atoms with Crippen molar-refractivity contribution in [3.8, 4) is 11.5 Å². The van der Waals surface area contributed by atoms with Gasteiger partial charge in [-0.3, -0.25) is 0 Å². The molecule has 2 aromatic carbocycles. The zero-order chi connectivity index (χ0) is 15.1. The van der Waals surface area contributed by atoms with E-state index in [9.17, 15) is 0 Å². The van der Waals surface area contributed by atoms with Crippen molar-refractivity contribution in [1.82, 2.24) is 14.5 Å². The molecule has 2 aromatic heterocycles. The first-order valence-electron chi connectivity index (χ1n) is 7.88. The summed E-state index contributed by atoms with van der Waals surface area (Å²) in [6.45, 7) is 5.26. The van der Waals surface area contributed by atoms with Crippen molar-refractivity contribution in [3.63, 3.8) is 0 Å². The molecule has 0 atom stereocenters. The lowest BCUT2D eigenvalue weighted by molar-refractivity contribution is 0.794. The fourth-order valence-electron chi connectivity index (χ4n) is 3.24. The van der Waals surface area contributed by atoms with E-state index in [1.165, 1.54) is 22.0 Å². The summed E-state index contributed by atoms with van der Waals surface area (Å²) in [5.41, 5.74) is 5.91. The minimum Gasteiger partial charge on any atom is -0.352 e. The number of aromatic amines is 1. The summed E-state index contributed by atoms with van der Waals surface area (Å²) < 4.78 is 2.27. The molecule has 110 valence electrons. The Kier molecular flexibility index (Phi) is 3.00. The van der Waals surface area contributed by atoms with E-state index in [0.29, 0.717) is 0 Å². The lowest BCUT2D eigenvalue weighted by Crippen LogP contribution is -1.97. The van der Waals surface area contributed by atoms with Crippen LogP contribution in [0.4, 0.5) is 0 Å². The van der Waals surface area contributed by atoms with Gasteiger partial charge in [-0.25, -0.2) is 4.98 Å². The number of nitrogens with zero attached hydrogens (tertiary/aromatic N) is 2. The van der Waals surface area contributed by atoms with E-state index in [4.69, 9.17) is 4.98 Å². The number of para-hydroxylation sites is 3. The molecule has 3 heteroatoms. The number of H-pyrrole nitrogens is 1. The number of nitrogens with one attached hydrogen (secondary N) is 1. The molecule has 0 spiro atoms. The number of rotatable bonds is 3. The lowest BCUT2D eigenvalue weighted by atomic mass is 10.1. The van der Waals surface area contributed by atoms with E-state index in [0.717, 1.165) is 30.0 Å². The molecule has 0 unspecified atom stereocenters. The van der Waals surface area contributed by atoms with Gasteiger partial charge in [0.2, 0.25) is 0 Å². The predicted molar refractivity (Wildman–Crippen MR) is 92.1 cm³/mol. The first-order valence-corrected chi connectivity index (χ1v) is 7.88. The maximum Gasteiger partial charge on any atom is 0.157 e.